The van der Waals surface area contributed by atoms with E-state index in [0.29, 0.717) is 0 Å². The van der Waals surface area contributed by atoms with E-state index >= 15 is 0 Å². The molecule has 0 bridgehead atoms. The van der Waals surface area contributed by atoms with Gasteiger partial charge >= 0.3 is 12.0 Å². The van der Waals surface area contributed by atoms with Crippen molar-refractivity contribution in [3.05, 3.63) is 0 Å². The lowest BCUT2D eigenvalue weighted by atomic mass is 10.2. The summed E-state index contributed by atoms with van der Waals surface area (Å²) < 4.78 is 0. The number of aliphatic carboxylic acids is 1. The summed E-state index contributed by atoms with van der Waals surface area (Å²) in [6.07, 6.45) is -0.448. The smallest absolute Gasteiger partial charge is 0.330 e. The molecule has 0 heterocycles. The zero-order chi connectivity index (χ0) is 12.0. The van der Waals surface area contributed by atoms with Crippen LogP contribution in [0, 0.1) is 0 Å². The highest BCUT2D eigenvalue weighted by atomic mass is 16.4. The molecule has 0 saturated carbocycles. The average molecular weight is 218 g/mol. The van der Waals surface area contributed by atoms with E-state index in [-0.39, 0.29) is 0 Å². The first-order valence-corrected chi connectivity index (χ1v) is 4.08. The minimum atomic E-state index is -1.32. The van der Waals surface area contributed by atoms with Crippen LogP contribution in [-0.4, -0.2) is 48.2 Å². The molecule has 0 aliphatic rings. The fourth-order valence-corrected chi connectivity index (χ4v) is 0.795. The van der Waals surface area contributed by atoms with Gasteiger partial charge in [0.15, 0.2) is 0 Å². The van der Waals surface area contributed by atoms with Crippen molar-refractivity contribution < 1.29 is 19.5 Å². The maximum Gasteiger partial charge on any atom is 0.330 e. The Kier molecular flexibility index (Phi) is 5.10. The second kappa shape index (κ2) is 5.81. The first kappa shape index (κ1) is 13.2. The van der Waals surface area contributed by atoms with Crippen LogP contribution in [0.2, 0.25) is 0 Å². The molecule has 0 fully saturated rings. The van der Waals surface area contributed by atoms with Crippen molar-refractivity contribution in [2.45, 2.75) is 12.5 Å². The number of urea groups is 1. The molecule has 0 aliphatic carbocycles. The van der Waals surface area contributed by atoms with Crippen LogP contribution in [0.3, 0.4) is 0 Å². The fraction of sp³-hybridized carbons (Fsp3) is 0.571. The SMILES string of the molecule is CN(C)NC(=O)N[C@@H](CC(N)=O)C(=O)O. The van der Waals surface area contributed by atoms with Gasteiger partial charge < -0.3 is 16.2 Å². The van der Waals surface area contributed by atoms with Crippen molar-refractivity contribution in [1.82, 2.24) is 15.8 Å². The van der Waals surface area contributed by atoms with Gasteiger partial charge in [-0.05, 0) is 0 Å². The minimum Gasteiger partial charge on any atom is -0.480 e. The Hall–Kier alpha value is -1.83. The number of carbonyl (C=O) groups excluding carboxylic acids is 2. The Morgan fingerprint density at radius 3 is 2.27 bits per heavy atom. The van der Waals surface area contributed by atoms with Gasteiger partial charge in [-0.25, -0.2) is 14.6 Å². The highest BCUT2D eigenvalue weighted by Crippen LogP contribution is 1.91. The van der Waals surface area contributed by atoms with Crippen LogP contribution < -0.4 is 16.5 Å². The van der Waals surface area contributed by atoms with Gasteiger partial charge in [-0.3, -0.25) is 10.2 Å². The Morgan fingerprint density at radius 1 is 1.40 bits per heavy atom. The largest absolute Gasteiger partial charge is 0.480 e. The number of amides is 3. The number of nitrogens with one attached hydrogen (secondary N) is 2. The summed E-state index contributed by atoms with van der Waals surface area (Å²) >= 11 is 0. The summed E-state index contributed by atoms with van der Waals surface area (Å²) in [7, 11) is 3.12. The summed E-state index contributed by atoms with van der Waals surface area (Å²) in [6.45, 7) is 0. The van der Waals surface area contributed by atoms with E-state index in [9.17, 15) is 14.4 Å². The maximum absolute atomic E-state index is 11.1. The summed E-state index contributed by atoms with van der Waals surface area (Å²) in [5.41, 5.74) is 7.09. The van der Waals surface area contributed by atoms with Gasteiger partial charge in [0.2, 0.25) is 5.91 Å². The molecule has 0 spiro atoms. The number of nitrogens with two attached hydrogens (primary N) is 1. The number of carboxylic acids is 1. The predicted octanol–water partition coefficient (Wildman–Crippen LogP) is -1.91. The highest BCUT2D eigenvalue weighted by Gasteiger charge is 2.21. The highest BCUT2D eigenvalue weighted by molar-refractivity contribution is 5.87. The fourth-order valence-electron chi connectivity index (χ4n) is 0.795. The van der Waals surface area contributed by atoms with Crippen molar-refractivity contribution in [2.24, 2.45) is 5.73 Å². The molecule has 5 N–H and O–H groups in total. The second-order valence-corrected chi connectivity index (χ2v) is 3.04. The normalized spacial score (nSPS) is 11.9. The van der Waals surface area contributed by atoms with E-state index in [1.165, 1.54) is 5.01 Å². The number of carboxylic acid groups (broad SMARTS) is 1. The van der Waals surface area contributed by atoms with Crippen molar-refractivity contribution in [2.75, 3.05) is 14.1 Å². The molecule has 8 heteroatoms. The monoisotopic (exact) mass is 218 g/mol. The van der Waals surface area contributed by atoms with Gasteiger partial charge in [0, 0.05) is 14.1 Å². The number of hydrazine groups is 1. The topological polar surface area (TPSA) is 125 Å². The van der Waals surface area contributed by atoms with Crippen LogP contribution in [0.5, 0.6) is 0 Å². The third-order valence-corrected chi connectivity index (χ3v) is 1.33. The maximum atomic E-state index is 11.1. The Labute approximate surface area is 86.4 Å². The van der Waals surface area contributed by atoms with Gasteiger partial charge in [-0.2, -0.15) is 0 Å². The van der Waals surface area contributed by atoms with Crippen LogP contribution in [0.4, 0.5) is 4.79 Å². The van der Waals surface area contributed by atoms with E-state index in [2.05, 4.69) is 10.7 Å². The van der Waals surface area contributed by atoms with Crippen LogP contribution in [0.25, 0.3) is 0 Å². The molecule has 0 aromatic carbocycles. The zero-order valence-electron chi connectivity index (χ0n) is 8.48. The molecule has 0 radical (unpaired) electrons. The number of hydrogen-bond acceptors (Lipinski definition) is 4. The van der Waals surface area contributed by atoms with Gasteiger partial charge in [0.05, 0.1) is 6.42 Å². The molecule has 8 nitrogen and oxygen atoms in total. The van der Waals surface area contributed by atoms with Crippen molar-refractivity contribution >= 4 is 17.9 Å². The summed E-state index contributed by atoms with van der Waals surface area (Å²) in [5, 5.41) is 12.1. The molecule has 0 unspecified atom stereocenters. The quantitative estimate of drug-likeness (QED) is 0.401. The lowest BCUT2D eigenvalue weighted by Crippen LogP contribution is -2.50. The Bertz CT molecular complexity index is 266. The van der Waals surface area contributed by atoms with E-state index in [1.54, 1.807) is 14.1 Å². The lowest BCUT2D eigenvalue weighted by Gasteiger charge is -2.16. The van der Waals surface area contributed by atoms with Gasteiger partial charge in [-0.1, -0.05) is 0 Å². The Morgan fingerprint density at radius 2 is 1.93 bits per heavy atom. The number of rotatable bonds is 5. The van der Waals surface area contributed by atoms with Crippen molar-refractivity contribution in [3.8, 4) is 0 Å². The van der Waals surface area contributed by atoms with Crippen molar-refractivity contribution in [1.29, 1.82) is 0 Å². The predicted molar refractivity (Wildman–Crippen MR) is 50.6 cm³/mol. The molecule has 1 atom stereocenters. The standard InChI is InChI=1S/C7H14N4O4/c1-11(2)10-7(15)9-4(6(13)14)3-5(8)12/h4H,3H2,1-2H3,(H2,8,12)(H,13,14)(H2,9,10,15)/t4-/m0/s1. The van der Waals surface area contributed by atoms with E-state index in [0.717, 1.165) is 0 Å². The minimum absolute atomic E-state index is 0.448. The van der Waals surface area contributed by atoms with Crippen molar-refractivity contribution in [3.63, 3.8) is 0 Å². The number of hydrogen-bond donors (Lipinski definition) is 4. The van der Waals surface area contributed by atoms with E-state index < -0.39 is 30.4 Å². The van der Waals surface area contributed by atoms with E-state index in [1.807, 2.05) is 0 Å². The lowest BCUT2D eigenvalue weighted by molar-refractivity contribution is -0.140. The Balaban J connectivity index is 4.22. The molecule has 3 amide bonds. The third kappa shape index (κ3) is 6.27. The molecular weight excluding hydrogens is 204 g/mol. The van der Waals surface area contributed by atoms with Gasteiger partial charge in [0.25, 0.3) is 0 Å². The molecule has 0 saturated heterocycles. The number of carbonyl (C=O) groups is 3. The molecule has 0 aromatic heterocycles. The first-order chi connectivity index (χ1) is 6.82. The summed E-state index contributed by atoms with van der Waals surface area (Å²) in [4.78, 5) is 32.2. The molecule has 0 aromatic rings. The van der Waals surface area contributed by atoms with Crippen LogP contribution >= 0.6 is 0 Å². The van der Waals surface area contributed by atoms with Crippen LogP contribution in [0.15, 0.2) is 0 Å². The third-order valence-electron chi connectivity index (χ3n) is 1.33. The molecular formula is C7H14N4O4. The average Bonchev–Trinajstić information content (AvgIpc) is 1.99. The van der Waals surface area contributed by atoms with E-state index in [4.69, 9.17) is 10.8 Å². The molecule has 86 valence electrons. The summed E-state index contributed by atoms with van der Waals surface area (Å²) in [5.74, 6) is -2.12. The molecule has 0 rings (SSSR count). The van der Waals surface area contributed by atoms with Gasteiger partial charge in [0.1, 0.15) is 6.04 Å². The van der Waals surface area contributed by atoms with Crippen LogP contribution in [0.1, 0.15) is 6.42 Å². The number of nitrogens with zero attached hydrogens (tertiary/aromatic N) is 1. The van der Waals surface area contributed by atoms with Gasteiger partial charge in [-0.15, -0.1) is 0 Å². The first-order valence-electron chi connectivity index (χ1n) is 4.08. The van der Waals surface area contributed by atoms with Crippen LogP contribution in [-0.2, 0) is 9.59 Å². The second-order valence-electron chi connectivity index (χ2n) is 3.04. The zero-order valence-corrected chi connectivity index (χ0v) is 8.48. The summed E-state index contributed by atoms with van der Waals surface area (Å²) in [6, 6.07) is -2.03. The molecule has 15 heavy (non-hydrogen) atoms. The number of primary amides is 1. The molecule has 0 aliphatic heterocycles.